The monoisotopic (exact) mass is 419 g/mol. The average Bonchev–Trinajstić information content (AvgIpc) is 3.21. The fraction of sp³-hybridized carbons (Fsp3) is 0.188. The first kappa shape index (κ1) is 17.4. The number of rotatable bonds is 4. The van der Waals surface area contributed by atoms with E-state index in [1.165, 1.54) is 34.7 Å². The summed E-state index contributed by atoms with van der Waals surface area (Å²) in [6, 6.07) is 3.64. The van der Waals surface area contributed by atoms with Gasteiger partial charge in [0.15, 0.2) is 5.78 Å². The molecule has 1 N–H and O–H groups in total. The highest BCUT2D eigenvalue weighted by atomic mass is 79.9. The Morgan fingerprint density at radius 2 is 2.20 bits per heavy atom. The van der Waals surface area contributed by atoms with Gasteiger partial charge in [0.05, 0.1) is 9.20 Å². The molecular weight excluding hydrogens is 406 g/mol. The molecular formula is C16H14BrN5O2S. The van der Waals surface area contributed by atoms with Crippen LogP contribution in [0.4, 0.5) is 0 Å². The normalized spacial score (nSPS) is 13.4. The number of aromatic amines is 1. The molecule has 0 aromatic carbocycles. The first-order valence-corrected chi connectivity index (χ1v) is 8.91. The zero-order valence-electron chi connectivity index (χ0n) is 13.4. The molecule has 0 unspecified atom stereocenters. The number of aromatic nitrogens is 5. The van der Waals surface area contributed by atoms with Crippen molar-refractivity contribution in [1.29, 1.82) is 0 Å². The van der Waals surface area contributed by atoms with E-state index >= 15 is 0 Å². The number of Topliss-reactive ketones (excluding diaryl/α,β-unsaturated/α-hetero) is 1. The third kappa shape index (κ3) is 3.83. The van der Waals surface area contributed by atoms with Crippen LogP contribution >= 0.6 is 27.3 Å². The van der Waals surface area contributed by atoms with Crippen LogP contribution in [0.1, 0.15) is 19.4 Å². The van der Waals surface area contributed by atoms with E-state index in [-0.39, 0.29) is 11.3 Å². The van der Waals surface area contributed by atoms with E-state index in [4.69, 9.17) is 0 Å². The lowest BCUT2D eigenvalue weighted by Crippen LogP contribution is -2.36. The van der Waals surface area contributed by atoms with Crippen LogP contribution in [-0.4, -0.2) is 30.5 Å². The molecule has 0 aliphatic heterocycles. The van der Waals surface area contributed by atoms with E-state index in [2.05, 4.69) is 36.0 Å². The van der Waals surface area contributed by atoms with Gasteiger partial charge in [-0.15, -0.1) is 11.3 Å². The van der Waals surface area contributed by atoms with Crippen molar-refractivity contribution in [1.82, 2.24) is 24.7 Å². The quantitative estimate of drug-likeness (QED) is 0.631. The van der Waals surface area contributed by atoms with E-state index in [1.807, 2.05) is 6.07 Å². The average molecular weight is 420 g/mol. The minimum absolute atomic E-state index is 0.188. The molecule has 3 aromatic rings. The molecule has 0 saturated heterocycles. The molecule has 3 rings (SSSR count). The zero-order valence-corrected chi connectivity index (χ0v) is 15.8. The van der Waals surface area contributed by atoms with Crippen LogP contribution in [0.3, 0.4) is 0 Å². The smallest absolute Gasteiger partial charge is 0.266 e. The Balaban J connectivity index is 1.97. The summed E-state index contributed by atoms with van der Waals surface area (Å²) in [6.07, 6.45) is 7.67. The van der Waals surface area contributed by atoms with Crippen LogP contribution in [0.15, 0.2) is 40.4 Å². The van der Waals surface area contributed by atoms with Gasteiger partial charge in [-0.05, 0) is 47.5 Å². The molecule has 3 heterocycles. The van der Waals surface area contributed by atoms with E-state index in [1.54, 1.807) is 32.2 Å². The van der Waals surface area contributed by atoms with E-state index in [9.17, 15) is 9.59 Å². The van der Waals surface area contributed by atoms with Gasteiger partial charge in [0.2, 0.25) is 0 Å². The molecule has 25 heavy (non-hydrogen) atoms. The maximum Gasteiger partial charge on any atom is 0.266 e. The fourth-order valence-corrected chi connectivity index (χ4v) is 3.17. The second-order valence-corrected chi connectivity index (χ2v) is 7.65. The Hall–Kier alpha value is -2.39. The number of carbonyl (C=O) groups excluding carboxylic acids is 1. The second-order valence-electron chi connectivity index (χ2n) is 5.75. The standard InChI is InChI=1S/C16H14BrN5O2S/c1-16(2,22-9-18-8-20-22)12(23)6-14-21-15(24)11(25-14)5-10-3-4-13(17)19-7-10/h3-9H,1-2H3,(H,21,24)/b11-5-,14-6+. The number of thiazole rings is 1. The number of halogens is 1. The Morgan fingerprint density at radius 1 is 1.40 bits per heavy atom. The van der Waals surface area contributed by atoms with Crippen LogP contribution in [0.2, 0.25) is 0 Å². The van der Waals surface area contributed by atoms with Crippen LogP contribution < -0.4 is 14.8 Å². The minimum atomic E-state index is -0.892. The third-order valence-corrected chi connectivity index (χ3v) is 5.02. The largest absolute Gasteiger partial charge is 0.313 e. The van der Waals surface area contributed by atoms with E-state index in [0.29, 0.717) is 9.20 Å². The molecule has 0 amide bonds. The van der Waals surface area contributed by atoms with Gasteiger partial charge in [-0.1, -0.05) is 6.07 Å². The van der Waals surface area contributed by atoms with Gasteiger partial charge in [0.25, 0.3) is 5.56 Å². The topological polar surface area (TPSA) is 93.5 Å². The van der Waals surface area contributed by atoms with Gasteiger partial charge in [0.1, 0.15) is 22.8 Å². The highest BCUT2D eigenvalue weighted by Gasteiger charge is 2.28. The highest BCUT2D eigenvalue weighted by molar-refractivity contribution is 9.10. The summed E-state index contributed by atoms with van der Waals surface area (Å²) in [5.74, 6) is -0.188. The lowest BCUT2D eigenvalue weighted by atomic mass is 10.00. The van der Waals surface area contributed by atoms with Crippen molar-refractivity contribution in [2.45, 2.75) is 19.4 Å². The Bertz CT molecular complexity index is 1070. The van der Waals surface area contributed by atoms with Gasteiger partial charge < -0.3 is 4.98 Å². The van der Waals surface area contributed by atoms with Crippen LogP contribution in [0.25, 0.3) is 12.2 Å². The van der Waals surface area contributed by atoms with Gasteiger partial charge in [-0.3, -0.25) is 9.59 Å². The minimum Gasteiger partial charge on any atom is -0.313 e. The molecule has 0 atom stereocenters. The van der Waals surface area contributed by atoms with E-state index in [0.717, 1.165) is 10.2 Å². The van der Waals surface area contributed by atoms with Crippen molar-refractivity contribution in [2.24, 2.45) is 0 Å². The molecule has 0 bridgehead atoms. The number of nitrogens with zero attached hydrogens (tertiary/aromatic N) is 4. The summed E-state index contributed by atoms with van der Waals surface area (Å²) in [6.45, 7) is 3.49. The molecule has 0 fully saturated rings. The lowest BCUT2D eigenvalue weighted by Gasteiger charge is -2.20. The number of ketones is 1. The van der Waals surface area contributed by atoms with Gasteiger partial charge in [-0.25, -0.2) is 14.6 Å². The molecule has 0 aliphatic carbocycles. The second kappa shape index (κ2) is 6.85. The number of nitrogens with one attached hydrogen (secondary N) is 1. The van der Waals surface area contributed by atoms with Crippen molar-refractivity contribution in [3.63, 3.8) is 0 Å². The number of carbonyl (C=O) groups is 1. The Labute approximate surface area is 154 Å². The number of H-pyrrole nitrogens is 1. The molecule has 3 aromatic heterocycles. The predicted octanol–water partition coefficient (Wildman–Crippen LogP) is 0.799. The zero-order chi connectivity index (χ0) is 18.0. The Kier molecular flexibility index (Phi) is 4.78. The number of pyridine rings is 1. The highest BCUT2D eigenvalue weighted by Crippen LogP contribution is 2.14. The first-order chi connectivity index (χ1) is 11.9. The summed E-state index contributed by atoms with van der Waals surface area (Å²) in [4.78, 5) is 35.4. The van der Waals surface area contributed by atoms with Crippen molar-refractivity contribution in [3.05, 3.63) is 60.7 Å². The molecule has 7 nitrogen and oxygen atoms in total. The molecule has 0 aliphatic rings. The van der Waals surface area contributed by atoms with Crippen molar-refractivity contribution >= 4 is 45.2 Å². The summed E-state index contributed by atoms with van der Waals surface area (Å²) in [5, 5.41) is 4.02. The van der Waals surface area contributed by atoms with Crippen LogP contribution in [0, 0.1) is 0 Å². The van der Waals surface area contributed by atoms with Crippen LogP contribution in [-0.2, 0) is 10.3 Å². The summed E-state index contributed by atoms with van der Waals surface area (Å²) in [5.41, 5.74) is -0.335. The van der Waals surface area contributed by atoms with Crippen molar-refractivity contribution < 1.29 is 4.79 Å². The summed E-state index contributed by atoms with van der Waals surface area (Å²) < 4.78 is 3.19. The molecule has 0 spiro atoms. The van der Waals surface area contributed by atoms with Crippen LogP contribution in [0.5, 0.6) is 0 Å². The van der Waals surface area contributed by atoms with Crippen molar-refractivity contribution in [3.8, 4) is 0 Å². The van der Waals surface area contributed by atoms with Gasteiger partial charge >= 0.3 is 0 Å². The Morgan fingerprint density at radius 3 is 2.84 bits per heavy atom. The molecule has 128 valence electrons. The lowest BCUT2D eigenvalue weighted by molar-refractivity contribution is -0.120. The number of hydrogen-bond acceptors (Lipinski definition) is 6. The SMILES string of the molecule is CC(C)(C(=O)/C=c1\[nH]c(=O)/c(=C/c2ccc(Br)nc2)s1)n1cncn1. The van der Waals surface area contributed by atoms with Crippen molar-refractivity contribution in [2.75, 3.05) is 0 Å². The molecule has 0 saturated carbocycles. The molecule has 0 radical (unpaired) electrons. The fourth-order valence-electron chi connectivity index (χ4n) is 2.05. The number of hydrogen-bond donors (Lipinski definition) is 1. The predicted molar refractivity (Wildman–Crippen MR) is 98.5 cm³/mol. The van der Waals surface area contributed by atoms with E-state index < -0.39 is 5.54 Å². The maximum absolute atomic E-state index is 12.6. The summed E-state index contributed by atoms with van der Waals surface area (Å²) >= 11 is 4.48. The third-order valence-electron chi connectivity index (χ3n) is 3.59. The van der Waals surface area contributed by atoms with Gasteiger partial charge in [0, 0.05) is 12.3 Å². The first-order valence-electron chi connectivity index (χ1n) is 7.30. The maximum atomic E-state index is 12.6. The van der Waals surface area contributed by atoms with Gasteiger partial charge in [-0.2, -0.15) is 5.10 Å². The molecule has 9 heteroatoms. The summed E-state index contributed by atoms with van der Waals surface area (Å²) in [7, 11) is 0.